The minimum absolute atomic E-state index is 0.0996. The average Bonchev–Trinajstić information content (AvgIpc) is 3.23. The number of benzene rings is 2. The molecule has 2 heterocycles. The summed E-state index contributed by atoms with van der Waals surface area (Å²) in [6.07, 6.45) is 3.31. The third-order valence-electron chi connectivity index (χ3n) is 5.23. The van der Waals surface area contributed by atoms with E-state index in [1.54, 1.807) is 4.90 Å². The van der Waals surface area contributed by atoms with Crippen LogP contribution in [0.15, 0.2) is 48.7 Å². The molecule has 0 saturated carbocycles. The maximum absolute atomic E-state index is 12.8. The third-order valence-corrected chi connectivity index (χ3v) is 5.23. The Morgan fingerprint density at radius 2 is 2.04 bits per heavy atom. The Labute approximate surface area is 158 Å². The molecular formula is C22H23N3O2. The average molecular weight is 361 g/mol. The molecule has 27 heavy (non-hydrogen) atoms. The number of hydrogen-bond donors (Lipinski definition) is 2. The number of nitrogens with zero attached hydrogens (tertiary/aromatic N) is 1. The van der Waals surface area contributed by atoms with Crippen LogP contribution >= 0.6 is 0 Å². The van der Waals surface area contributed by atoms with Crippen molar-refractivity contribution < 1.29 is 9.59 Å². The van der Waals surface area contributed by atoms with Gasteiger partial charge in [-0.15, -0.1) is 0 Å². The number of aromatic nitrogens is 1. The predicted octanol–water partition coefficient (Wildman–Crippen LogP) is 3.11. The van der Waals surface area contributed by atoms with Crippen molar-refractivity contribution in [2.24, 2.45) is 0 Å². The molecule has 1 aliphatic rings. The van der Waals surface area contributed by atoms with Crippen molar-refractivity contribution in [3.8, 4) is 0 Å². The number of amides is 2. The van der Waals surface area contributed by atoms with Crippen LogP contribution in [0.25, 0.3) is 10.9 Å². The van der Waals surface area contributed by atoms with E-state index in [0.29, 0.717) is 13.0 Å². The first-order valence-electron chi connectivity index (χ1n) is 9.26. The molecule has 1 aromatic heterocycles. The van der Waals surface area contributed by atoms with E-state index in [4.69, 9.17) is 0 Å². The fourth-order valence-electron chi connectivity index (χ4n) is 3.92. The Morgan fingerprint density at radius 1 is 1.22 bits per heavy atom. The first kappa shape index (κ1) is 17.3. The Bertz CT molecular complexity index is 1020. The fourth-order valence-corrected chi connectivity index (χ4v) is 3.92. The lowest BCUT2D eigenvalue weighted by Gasteiger charge is -2.23. The highest BCUT2D eigenvalue weighted by atomic mass is 16.2. The molecule has 1 unspecified atom stereocenters. The zero-order valence-electron chi connectivity index (χ0n) is 15.6. The molecule has 5 heteroatoms. The van der Waals surface area contributed by atoms with E-state index in [9.17, 15) is 9.59 Å². The number of aryl methyl sites for hydroxylation is 1. The maximum Gasteiger partial charge on any atom is 0.243 e. The Hall–Kier alpha value is -3.08. The number of aromatic amines is 1. The standard InChI is InChI=1S/C22H23N3O2/c1-14-7-8-19-18(11-14)17(13-24-19)9-10-23-22(27)21-12-16-5-3-4-6-20(16)25(21)15(2)26/h3-8,11,13,21,24H,9-10,12H2,1-2H3,(H,23,27). The van der Waals surface area contributed by atoms with Gasteiger partial charge in [-0.2, -0.15) is 0 Å². The van der Waals surface area contributed by atoms with Crippen molar-refractivity contribution in [2.45, 2.75) is 32.7 Å². The molecule has 0 bridgehead atoms. The zero-order valence-corrected chi connectivity index (χ0v) is 15.6. The highest BCUT2D eigenvalue weighted by Gasteiger charge is 2.36. The van der Waals surface area contributed by atoms with E-state index in [-0.39, 0.29) is 11.8 Å². The number of H-pyrrole nitrogens is 1. The number of anilines is 1. The van der Waals surface area contributed by atoms with Gasteiger partial charge in [-0.25, -0.2) is 0 Å². The van der Waals surface area contributed by atoms with Crippen molar-refractivity contribution in [3.05, 3.63) is 65.4 Å². The second-order valence-corrected chi connectivity index (χ2v) is 7.14. The summed E-state index contributed by atoms with van der Waals surface area (Å²) in [6.45, 7) is 4.13. The summed E-state index contributed by atoms with van der Waals surface area (Å²) in [4.78, 5) is 29.8. The topological polar surface area (TPSA) is 65.2 Å². The van der Waals surface area contributed by atoms with Gasteiger partial charge in [0, 0.05) is 42.7 Å². The van der Waals surface area contributed by atoms with Gasteiger partial charge < -0.3 is 10.3 Å². The van der Waals surface area contributed by atoms with Crippen LogP contribution in [0.4, 0.5) is 5.69 Å². The molecule has 0 radical (unpaired) electrons. The van der Waals surface area contributed by atoms with Crippen molar-refractivity contribution in [2.75, 3.05) is 11.4 Å². The van der Waals surface area contributed by atoms with Gasteiger partial charge in [0.25, 0.3) is 0 Å². The molecule has 0 fully saturated rings. The lowest BCUT2D eigenvalue weighted by molar-refractivity contribution is -0.125. The highest BCUT2D eigenvalue weighted by molar-refractivity contribution is 6.02. The predicted molar refractivity (Wildman–Crippen MR) is 107 cm³/mol. The second kappa shape index (κ2) is 6.91. The number of carbonyl (C=O) groups excluding carboxylic acids is 2. The molecule has 0 spiro atoms. The van der Waals surface area contributed by atoms with Gasteiger partial charge in [0.1, 0.15) is 6.04 Å². The van der Waals surface area contributed by atoms with Crippen LogP contribution in [-0.4, -0.2) is 29.4 Å². The lowest BCUT2D eigenvalue weighted by Crippen LogP contribution is -2.47. The maximum atomic E-state index is 12.8. The van der Waals surface area contributed by atoms with E-state index in [2.05, 4.69) is 35.4 Å². The van der Waals surface area contributed by atoms with Gasteiger partial charge in [-0.1, -0.05) is 29.8 Å². The lowest BCUT2D eigenvalue weighted by atomic mass is 10.1. The summed E-state index contributed by atoms with van der Waals surface area (Å²) in [7, 11) is 0. The largest absolute Gasteiger partial charge is 0.361 e. The van der Waals surface area contributed by atoms with E-state index in [1.165, 1.54) is 23.4 Å². The number of rotatable bonds is 4. The molecule has 5 nitrogen and oxygen atoms in total. The molecule has 0 aliphatic carbocycles. The van der Waals surface area contributed by atoms with Crippen molar-refractivity contribution >= 4 is 28.4 Å². The molecule has 2 aromatic carbocycles. The summed E-state index contributed by atoms with van der Waals surface area (Å²) in [5.74, 6) is -0.204. The fraction of sp³-hybridized carbons (Fsp3) is 0.273. The normalized spacial score (nSPS) is 15.8. The van der Waals surface area contributed by atoms with Gasteiger partial charge in [-0.05, 0) is 42.7 Å². The Kier molecular flexibility index (Phi) is 4.44. The SMILES string of the molecule is CC(=O)N1c2ccccc2CC1C(=O)NCCc1c[nH]c2ccc(C)cc12. The smallest absolute Gasteiger partial charge is 0.243 e. The van der Waals surface area contributed by atoms with Crippen LogP contribution in [0.2, 0.25) is 0 Å². The number of para-hydroxylation sites is 1. The van der Waals surface area contributed by atoms with Crippen molar-refractivity contribution in [3.63, 3.8) is 0 Å². The van der Waals surface area contributed by atoms with Gasteiger partial charge >= 0.3 is 0 Å². The molecule has 1 aliphatic heterocycles. The number of fused-ring (bicyclic) bond motifs is 2. The van der Waals surface area contributed by atoms with E-state index < -0.39 is 6.04 Å². The molecule has 3 aromatic rings. The van der Waals surface area contributed by atoms with E-state index in [0.717, 1.165) is 23.2 Å². The minimum Gasteiger partial charge on any atom is -0.361 e. The Balaban J connectivity index is 1.43. The quantitative estimate of drug-likeness (QED) is 0.750. The first-order chi connectivity index (χ1) is 13.0. The van der Waals surface area contributed by atoms with Gasteiger partial charge in [-0.3, -0.25) is 14.5 Å². The third kappa shape index (κ3) is 3.21. The summed E-state index contributed by atoms with van der Waals surface area (Å²) < 4.78 is 0. The van der Waals surface area contributed by atoms with Gasteiger partial charge in [0.15, 0.2) is 0 Å². The van der Waals surface area contributed by atoms with Crippen molar-refractivity contribution in [1.29, 1.82) is 0 Å². The number of nitrogens with one attached hydrogen (secondary N) is 2. The molecule has 138 valence electrons. The number of hydrogen-bond acceptors (Lipinski definition) is 2. The van der Waals surface area contributed by atoms with Crippen LogP contribution in [0, 0.1) is 6.92 Å². The molecule has 2 amide bonds. The van der Waals surface area contributed by atoms with Crippen LogP contribution in [0.1, 0.15) is 23.6 Å². The zero-order chi connectivity index (χ0) is 19.0. The summed E-state index contributed by atoms with van der Waals surface area (Å²) >= 11 is 0. The van der Waals surface area contributed by atoms with Crippen LogP contribution in [0.5, 0.6) is 0 Å². The van der Waals surface area contributed by atoms with Gasteiger partial charge in [0.2, 0.25) is 11.8 Å². The highest BCUT2D eigenvalue weighted by Crippen LogP contribution is 2.32. The first-order valence-corrected chi connectivity index (χ1v) is 9.26. The summed E-state index contributed by atoms with van der Waals surface area (Å²) in [6, 6.07) is 13.6. The molecule has 4 rings (SSSR count). The molecule has 2 N–H and O–H groups in total. The monoisotopic (exact) mass is 361 g/mol. The van der Waals surface area contributed by atoms with Crippen LogP contribution in [0.3, 0.4) is 0 Å². The second-order valence-electron chi connectivity index (χ2n) is 7.14. The molecular weight excluding hydrogens is 338 g/mol. The van der Waals surface area contributed by atoms with Gasteiger partial charge in [0.05, 0.1) is 0 Å². The van der Waals surface area contributed by atoms with Crippen LogP contribution in [-0.2, 0) is 22.4 Å². The van der Waals surface area contributed by atoms with Crippen molar-refractivity contribution in [1.82, 2.24) is 10.3 Å². The molecule has 1 atom stereocenters. The van der Waals surface area contributed by atoms with E-state index >= 15 is 0 Å². The summed E-state index contributed by atoms with van der Waals surface area (Å²) in [5.41, 5.74) is 5.40. The minimum atomic E-state index is -0.467. The van der Waals surface area contributed by atoms with E-state index in [1.807, 2.05) is 30.5 Å². The molecule has 0 saturated heterocycles. The summed E-state index contributed by atoms with van der Waals surface area (Å²) in [5, 5.41) is 4.21. The number of carbonyl (C=O) groups is 2. The Morgan fingerprint density at radius 3 is 2.85 bits per heavy atom. The van der Waals surface area contributed by atoms with Crippen LogP contribution < -0.4 is 10.2 Å².